The Bertz CT molecular complexity index is 971. The average molecular weight is 409 g/mol. The van der Waals surface area contributed by atoms with Crippen molar-refractivity contribution in [1.29, 1.82) is 0 Å². The molecule has 3 heterocycles. The van der Waals surface area contributed by atoms with Gasteiger partial charge < -0.3 is 10.2 Å². The first-order valence-electron chi connectivity index (χ1n) is 9.78. The molecule has 1 amide bonds. The van der Waals surface area contributed by atoms with Crippen LogP contribution in [-0.2, 0) is 4.79 Å². The number of nitrogens with one attached hydrogen (secondary N) is 2. The van der Waals surface area contributed by atoms with Gasteiger partial charge in [0, 0.05) is 42.7 Å². The SMILES string of the molecule is CSc1ccc(-c2n[nH]c(-c3cccnc3NCCCN3CCCC3=O)n2)cc1. The van der Waals surface area contributed by atoms with Gasteiger partial charge >= 0.3 is 0 Å². The molecule has 0 spiro atoms. The summed E-state index contributed by atoms with van der Waals surface area (Å²) in [6.07, 6.45) is 6.36. The number of rotatable bonds is 8. The van der Waals surface area contributed by atoms with Crippen molar-refractivity contribution in [1.82, 2.24) is 25.1 Å². The predicted octanol–water partition coefficient (Wildman–Crippen LogP) is 3.68. The van der Waals surface area contributed by atoms with Crippen LogP contribution in [0, 0.1) is 0 Å². The number of thioether (sulfide) groups is 1. The van der Waals surface area contributed by atoms with E-state index in [1.165, 1.54) is 4.90 Å². The minimum absolute atomic E-state index is 0.267. The number of hydrogen-bond donors (Lipinski definition) is 2. The molecule has 0 atom stereocenters. The molecule has 1 aliphatic heterocycles. The van der Waals surface area contributed by atoms with Crippen molar-refractivity contribution in [2.24, 2.45) is 0 Å². The largest absolute Gasteiger partial charge is 0.369 e. The van der Waals surface area contributed by atoms with Crippen LogP contribution in [0.2, 0.25) is 0 Å². The summed E-state index contributed by atoms with van der Waals surface area (Å²) in [5.74, 6) is 2.37. The van der Waals surface area contributed by atoms with E-state index < -0.39 is 0 Å². The molecule has 8 heteroatoms. The first kappa shape index (κ1) is 19.4. The summed E-state index contributed by atoms with van der Waals surface area (Å²) in [5, 5.41) is 10.8. The van der Waals surface area contributed by atoms with Crippen molar-refractivity contribution < 1.29 is 4.79 Å². The van der Waals surface area contributed by atoms with Crippen LogP contribution in [0.15, 0.2) is 47.5 Å². The maximum Gasteiger partial charge on any atom is 0.222 e. The maximum atomic E-state index is 11.7. The van der Waals surface area contributed by atoms with Gasteiger partial charge in [0.1, 0.15) is 5.82 Å². The molecule has 0 radical (unpaired) electrons. The third-order valence-electron chi connectivity index (χ3n) is 4.97. The zero-order chi connectivity index (χ0) is 20.1. The number of pyridine rings is 1. The normalized spacial score (nSPS) is 13.8. The summed E-state index contributed by atoms with van der Waals surface area (Å²) < 4.78 is 0. The maximum absolute atomic E-state index is 11.7. The molecular formula is C21H24N6OS. The first-order valence-corrected chi connectivity index (χ1v) is 11.0. The quantitative estimate of drug-likeness (QED) is 0.437. The summed E-state index contributed by atoms with van der Waals surface area (Å²) >= 11 is 1.71. The number of anilines is 1. The molecule has 1 fully saturated rings. The fraction of sp³-hybridized carbons (Fsp3) is 0.333. The Labute approximate surface area is 174 Å². The van der Waals surface area contributed by atoms with Crippen LogP contribution in [0.1, 0.15) is 19.3 Å². The molecule has 0 unspecified atom stereocenters. The van der Waals surface area contributed by atoms with E-state index in [-0.39, 0.29) is 5.91 Å². The zero-order valence-corrected chi connectivity index (χ0v) is 17.2. The Morgan fingerprint density at radius 1 is 1.24 bits per heavy atom. The van der Waals surface area contributed by atoms with E-state index in [9.17, 15) is 4.79 Å². The highest BCUT2D eigenvalue weighted by Gasteiger charge is 2.19. The predicted molar refractivity (Wildman–Crippen MR) is 116 cm³/mol. The van der Waals surface area contributed by atoms with Crippen LogP contribution in [-0.4, -0.2) is 56.9 Å². The fourth-order valence-electron chi connectivity index (χ4n) is 3.41. The van der Waals surface area contributed by atoms with Gasteiger partial charge in [-0.25, -0.2) is 9.97 Å². The second kappa shape index (κ2) is 9.09. The molecule has 150 valence electrons. The minimum atomic E-state index is 0.267. The molecule has 7 nitrogen and oxygen atoms in total. The molecule has 0 aliphatic carbocycles. The Hall–Kier alpha value is -2.87. The molecule has 1 saturated heterocycles. The monoisotopic (exact) mass is 408 g/mol. The van der Waals surface area contributed by atoms with E-state index >= 15 is 0 Å². The number of likely N-dealkylation sites (tertiary alicyclic amines) is 1. The molecule has 2 N–H and O–H groups in total. The van der Waals surface area contributed by atoms with Gasteiger partial charge in [0.25, 0.3) is 0 Å². The summed E-state index contributed by atoms with van der Waals surface area (Å²) in [5.41, 5.74) is 1.85. The van der Waals surface area contributed by atoms with Gasteiger partial charge in [0.05, 0.1) is 5.56 Å². The van der Waals surface area contributed by atoms with Crippen LogP contribution < -0.4 is 5.32 Å². The number of benzene rings is 1. The van der Waals surface area contributed by atoms with Gasteiger partial charge in [-0.2, -0.15) is 5.10 Å². The van der Waals surface area contributed by atoms with Crippen molar-refractivity contribution in [2.75, 3.05) is 31.2 Å². The summed E-state index contributed by atoms with van der Waals surface area (Å²) in [4.78, 5) is 24.0. The molecule has 4 rings (SSSR count). The Morgan fingerprint density at radius 3 is 2.86 bits per heavy atom. The number of nitrogens with zero attached hydrogens (tertiary/aromatic N) is 4. The van der Waals surface area contributed by atoms with Crippen LogP contribution >= 0.6 is 11.8 Å². The van der Waals surface area contributed by atoms with Crippen LogP contribution in [0.4, 0.5) is 5.82 Å². The number of hydrogen-bond acceptors (Lipinski definition) is 6. The van der Waals surface area contributed by atoms with Crippen LogP contribution in [0.5, 0.6) is 0 Å². The highest BCUT2D eigenvalue weighted by atomic mass is 32.2. The lowest BCUT2D eigenvalue weighted by Gasteiger charge is -2.15. The summed E-state index contributed by atoms with van der Waals surface area (Å²) in [6, 6.07) is 12.1. The average Bonchev–Trinajstić information content (AvgIpc) is 3.41. The highest BCUT2D eigenvalue weighted by Crippen LogP contribution is 2.26. The first-order chi connectivity index (χ1) is 14.2. The second-order valence-corrected chi connectivity index (χ2v) is 7.78. The highest BCUT2D eigenvalue weighted by molar-refractivity contribution is 7.98. The lowest BCUT2D eigenvalue weighted by molar-refractivity contribution is -0.127. The number of carbonyl (C=O) groups excluding carboxylic acids is 1. The van der Waals surface area contributed by atoms with Gasteiger partial charge in [-0.15, -0.1) is 11.8 Å². The molecular weight excluding hydrogens is 384 g/mol. The van der Waals surface area contributed by atoms with E-state index in [2.05, 4.69) is 43.9 Å². The molecule has 29 heavy (non-hydrogen) atoms. The summed E-state index contributed by atoms with van der Waals surface area (Å²) in [6.45, 7) is 2.41. The van der Waals surface area contributed by atoms with E-state index in [1.54, 1.807) is 18.0 Å². The van der Waals surface area contributed by atoms with Gasteiger partial charge in [-0.3, -0.25) is 9.89 Å². The van der Waals surface area contributed by atoms with Crippen molar-refractivity contribution in [3.8, 4) is 22.8 Å². The smallest absolute Gasteiger partial charge is 0.222 e. The topological polar surface area (TPSA) is 86.8 Å². The van der Waals surface area contributed by atoms with E-state index in [0.29, 0.717) is 18.1 Å². The summed E-state index contributed by atoms with van der Waals surface area (Å²) in [7, 11) is 0. The Kier molecular flexibility index (Phi) is 6.09. The van der Waals surface area contributed by atoms with Gasteiger partial charge in [-0.05, 0) is 43.4 Å². The van der Waals surface area contributed by atoms with Crippen molar-refractivity contribution in [2.45, 2.75) is 24.2 Å². The van der Waals surface area contributed by atoms with E-state index in [0.717, 1.165) is 49.4 Å². The number of aromatic amines is 1. The second-order valence-electron chi connectivity index (χ2n) is 6.90. The van der Waals surface area contributed by atoms with E-state index in [4.69, 9.17) is 0 Å². The lowest BCUT2D eigenvalue weighted by atomic mass is 10.2. The molecule has 1 aromatic carbocycles. The van der Waals surface area contributed by atoms with Crippen molar-refractivity contribution >= 4 is 23.5 Å². The third-order valence-corrected chi connectivity index (χ3v) is 5.71. The Balaban J connectivity index is 1.42. The minimum Gasteiger partial charge on any atom is -0.369 e. The van der Waals surface area contributed by atoms with Gasteiger partial charge in [-0.1, -0.05) is 12.1 Å². The van der Waals surface area contributed by atoms with Crippen molar-refractivity contribution in [3.05, 3.63) is 42.6 Å². The molecule has 1 aliphatic rings. The molecule has 0 saturated carbocycles. The number of H-pyrrole nitrogens is 1. The molecule has 3 aromatic rings. The van der Waals surface area contributed by atoms with Crippen molar-refractivity contribution in [3.63, 3.8) is 0 Å². The van der Waals surface area contributed by atoms with Crippen LogP contribution in [0.25, 0.3) is 22.8 Å². The fourth-order valence-corrected chi connectivity index (χ4v) is 3.81. The third kappa shape index (κ3) is 4.59. The molecule has 0 bridgehead atoms. The standard InChI is InChI=1S/C21H24N6OS/c1-29-16-9-7-15(8-10-16)19-24-21(26-25-19)17-5-2-11-22-20(17)23-12-4-14-27-13-3-6-18(27)28/h2,5,7-11H,3-4,6,12-14H2,1H3,(H,22,23)(H,24,25,26). The molecule has 2 aromatic heterocycles. The number of aromatic nitrogens is 4. The number of carbonyl (C=O) groups is 1. The van der Waals surface area contributed by atoms with Gasteiger partial charge in [0.2, 0.25) is 5.91 Å². The van der Waals surface area contributed by atoms with E-state index in [1.807, 2.05) is 29.2 Å². The van der Waals surface area contributed by atoms with Gasteiger partial charge in [0.15, 0.2) is 11.6 Å². The lowest BCUT2D eigenvalue weighted by Crippen LogP contribution is -2.27. The van der Waals surface area contributed by atoms with Crippen LogP contribution in [0.3, 0.4) is 0 Å². The zero-order valence-electron chi connectivity index (χ0n) is 16.4. The number of amides is 1. The Morgan fingerprint density at radius 2 is 2.10 bits per heavy atom.